The molecule has 2 aromatic carbocycles. The van der Waals surface area contributed by atoms with Crippen LogP contribution in [-0.4, -0.2) is 25.7 Å². The van der Waals surface area contributed by atoms with Crippen LogP contribution in [0.5, 0.6) is 0 Å². The molecule has 6 heteroatoms. The first kappa shape index (κ1) is 16.5. The predicted molar refractivity (Wildman–Crippen MR) is 90.1 cm³/mol. The average molecular weight is 352 g/mol. The predicted octanol–water partition coefficient (Wildman–Crippen LogP) is 2.54. The Bertz CT molecular complexity index is 805. The van der Waals surface area contributed by atoms with Crippen LogP contribution in [0.3, 0.4) is 0 Å². The summed E-state index contributed by atoms with van der Waals surface area (Å²) in [4.78, 5) is 0.140. The molecule has 122 valence electrons. The maximum atomic E-state index is 12.3. The van der Waals surface area contributed by atoms with E-state index in [1.807, 2.05) is 24.3 Å². The van der Waals surface area contributed by atoms with E-state index in [-0.39, 0.29) is 11.4 Å². The molecule has 0 aromatic heterocycles. The van der Waals surface area contributed by atoms with E-state index >= 15 is 0 Å². The van der Waals surface area contributed by atoms with Gasteiger partial charge in [0.25, 0.3) is 0 Å². The topological polar surface area (TPSA) is 66.4 Å². The lowest BCUT2D eigenvalue weighted by Crippen LogP contribution is -2.46. The van der Waals surface area contributed by atoms with E-state index in [1.54, 1.807) is 0 Å². The third-order valence-corrected chi connectivity index (χ3v) is 5.88. The number of hydrogen-bond acceptors (Lipinski definition) is 3. The van der Waals surface area contributed by atoms with Crippen LogP contribution in [0.2, 0.25) is 5.02 Å². The molecule has 23 heavy (non-hydrogen) atoms. The molecule has 1 unspecified atom stereocenters. The summed E-state index contributed by atoms with van der Waals surface area (Å²) in [5.41, 5.74) is 1.23. The number of fused-ring (bicyclic) bond motifs is 1. The molecule has 0 bridgehead atoms. The molecule has 4 nitrogen and oxygen atoms in total. The van der Waals surface area contributed by atoms with Gasteiger partial charge >= 0.3 is 0 Å². The zero-order chi connectivity index (χ0) is 16.5. The van der Waals surface area contributed by atoms with E-state index in [4.69, 9.17) is 11.6 Å². The highest BCUT2D eigenvalue weighted by atomic mass is 35.5. The minimum absolute atomic E-state index is 0.00764. The number of nitrogens with one attached hydrogen (secondary N) is 1. The van der Waals surface area contributed by atoms with E-state index < -0.39 is 15.6 Å². The summed E-state index contributed by atoms with van der Waals surface area (Å²) in [5, 5.41) is 11.2. The summed E-state index contributed by atoms with van der Waals surface area (Å²) in [6.45, 7) is -0.00764. The minimum Gasteiger partial charge on any atom is -0.388 e. The largest absolute Gasteiger partial charge is 0.388 e. The first-order chi connectivity index (χ1) is 10.9. The van der Waals surface area contributed by atoms with Crippen LogP contribution in [0.1, 0.15) is 17.5 Å². The van der Waals surface area contributed by atoms with Gasteiger partial charge in [-0.3, -0.25) is 0 Å². The highest BCUT2D eigenvalue weighted by molar-refractivity contribution is 7.89. The van der Waals surface area contributed by atoms with Gasteiger partial charge in [-0.15, -0.1) is 0 Å². The maximum Gasteiger partial charge on any atom is 0.240 e. The third kappa shape index (κ3) is 3.75. The lowest BCUT2D eigenvalue weighted by molar-refractivity contribution is 0.0317. The van der Waals surface area contributed by atoms with Gasteiger partial charge in [-0.1, -0.05) is 35.9 Å². The quantitative estimate of drug-likeness (QED) is 0.889. The van der Waals surface area contributed by atoms with Crippen molar-refractivity contribution in [3.8, 4) is 0 Å². The second-order valence-corrected chi connectivity index (χ2v) is 8.15. The molecule has 1 aliphatic rings. The Labute approximate surface area is 141 Å². The van der Waals surface area contributed by atoms with Gasteiger partial charge in [-0.2, -0.15) is 0 Å². The molecule has 0 heterocycles. The van der Waals surface area contributed by atoms with Gasteiger partial charge in [-0.25, -0.2) is 13.1 Å². The molecule has 0 aliphatic heterocycles. The Hall–Kier alpha value is -1.40. The zero-order valence-corrected chi connectivity index (χ0v) is 14.1. The summed E-state index contributed by atoms with van der Waals surface area (Å²) in [5.74, 6) is 0. The summed E-state index contributed by atoms with van der Waals surface area (Å²) < 4.78 is 27.1. The standard InChI is InChI=1S/C17H18ClNO3S/c18-15-5-7-16(8-6-15)23(21,22)19-12-17(20)10-9-13-3-1-2-4-14(13)11-17/h1-8,19-20H,9-12H2. The van der Waals surface area contributed by atoms with Gasteiger partial charge in [0.15, 0.2) is 0 Å². The monoisotopic (exact) mass is 351 g/mol. The third-order valence-electron chi connectivity index (χ3n) is 4.21. The van der Waals surface area contributed by atoms with Crippen molar-refractivity contribution in [3.63, 3.8) is 0 Å². The minimum atomic E-state index is -3.66. The molecule has 1 atom stereocenters. The van der Waals surface area contributed by atoms with Crippen LogP contribution >= 0.6 is 11.6 Å². The zero-order valence-electron chi connectivity index (χ0n) is 12.5. The second kappa shape index (κ2) is 6.24. The SMILES string of the molecule is O=S(=O)(NCC1(O)CCc2ccccc2C1)c1ccc(Cl)cc1. The Morgan fingerprint density at radius 1 is 1.09 bits per heavy atom. The Kier molecular flexibility index (Phi) is 4.47. The highest BCUT2D eigenvalue weighted by Crippen LogP contribution is 2.28. The summed E-state index contributed by atoms with van der Waals surface area (Å²) in [7, 11) is -3.66. The van der Waals surface area contributed by atoms with Gasteiger partial charge in [0, 0.05) is 18.0 Å². The molecule has 2 N–H and O–H groups in total. The fraction of sp³-hybridized carbons (Fsp3) is 0.294. The number of benzene rings is 2. The number of rotatable bonds is 4. The maximum absolute atomic E-state index is 12.3. The van der Waals surface area contributed by atoms with Crippen molar-refractivity contribution >= 4 is 21.6 Å². The molecular weight excluding hydrogens is 334 g/mol. The number of halogens is 1. The van der Waals surface area contributed by atoms with Crippen molar-refractivity contribution in [2.24, 2.45) is 0 Å². The van der Waals surface area contributed by atoms with Crippen molar-refractivity contribution in [1.82, 2.24) is 4.72 Å². The van der Waals surface area contributed by atoms with Crippen LogP contribution in [0, 0.1) is 0 Å². The van der Waals surface area contributed by atoms with E-state index in [0.29, 0.717) is 17.9 Å². The van der Waals surface area contributed by atoms with Crippen molar-refractivity contribution in [1.29, 1.82) is 0 Å². The molecule has 0 fully saturated rings. The number of hydrogen-bond donors (Lipinski definition) is 2. The molecule has 0 spiro atoms. The van der Waals surface area contributed by atoms with Gasteiger partial charge in [0.2, 0.25) is 10.0 Å². The Morgan fingerprint density at radius 2 is 1.74 bits per heavy atom. The van der Waals surface area contributed by atoms with Crippen LogP contribution in [0.25, 0.3) is 0 Å². The normalized spacial score (nSPS) is 21.0. The van der Waals surface area contributed by atoms with E-state index in [0.717, 1.165) is 12.0 Å². The van der Waals surface area contributed by atoms with Gasteiger partial charge in [0.05, 0.1) is 10.5 Å². The molecule has 0 amide bonds. The average Bonchev–Trinajstić information content (AvgIpc) is 2.54. The molecule has 0 saturated carbocycles. The first-order valence-electron chi connectivity index (χ1n) is 7.42. The number of aryl methyl sites for hydroxylation is 1. The highest BCUT2D eigenvalue weighted by Gasteiger charge is 2.33. The van der Waals surface area contributed by atoms with Gasteiger partial charge in [0.1, 0.15) is 0 Å². The van der Waals surface area contributed by atoms with E-state index in [2.05, 4.69) is 4.72 Å². The van der Waals surface area contributed by atoms with Gasteiger partial charge < -0.3 is 5.11 Å². The Morgan fingerprint density at radius 3 is 2.43 bits per heavy atom. The van der Waals surface area contributed by atoms with Crippen LogP contribution in [0.4, 0.5) is 0 Å². The van der Waals surface area contributed by atoms with Crippen molar-refractivity contribution < 1.29 is 13.5 Å². The fourth-order valence-corrected chi connectivity index (χ4v) is 4.11. The molecular formula is C17H18ClNO3S. The second-order valence-electron chi connectivity index (χ2n) is 5.95. The summed E-state index contributed by atoms with van der Waals surface area (Å²) in [6, 6.07) is 13.9. The lowest BCUT2D eigenvalue weighted by Gasteiger charge is -2.33. The summed E-state index contributed by atoms with van der Waals surface area (Å²) >= 11 is 5.78. The van der Waals surface area contributed by atoms with Crippen LogP contribution in [-0.2, 0) is 22.9 Å². The molecule has 2 aromatic rings. The van der Waals surface area contributed by atoms with E-state index in [9.17, 15) is 13.5 Å². The lowest BCUT2D eigenvalue weighted by atomic mass is 9.80. The number of sulfonamides is 1. The van der Waals surface area contributed by atoms with Crippen LogP contribution < -0.4 is 4.72 Å². The first-order valence-corrected chi connectivity index (χ1v) is 9.29. The number of aliphatic hydroxyl groups is 1. The molecule has 3 rings (SSSR count). The smallest absolute Gasteiger partial charge is 0.240 e. The van der Waals surface area contributed by atoms with Crippen LogP contribution in [0.15, 0.2) is 53.4 Å². The molecule has 1 aliphatic carbocycles. The van der Waals surface area contributed by atoms with Crippen molar-refractivity contribution in [2.75, 3.05) is 6.54 Å². The van der Waals surface area contributed by atoms with Crippen molar-refractivity contribution in [2.45, 2.75) is 29.8 Å². The molecule has 0 radical (unpaired) electrons. The Balaban J connectivity index is 1.71. The van der Waals surface area contributed by atoms with Crippen molar-refractivity contribution in [3.05, 3.63) is 64.7 Å². The summed E-state index contributed by atoms with van der Waals surface area (Å²) in [6.07, 6.45) is 1.73. The van der Waals surface area contributed by atoms with E-state index in [1.165, 1.54) is 29.8 Å². The van der Waals surface area contributed by atoms with Gasteiger partial charge in [-0.05, 0) is 48.2 Å². The molecule has 0 saturated heterocycles. The fourth-order valence-electron chi connectivity index (χ4n) is 2.86.